The third-order valence-corrected chi connectivity index (χ3v) is 4.76. The van der Waals surface area contributed by atoms with E-state index in [0.717, 1.165) is 25.7 Å². The zero-order valence-electron chi connectivity index (χ0n) is 14.7. The fourth-order valence-corrected chi connectivity index (χ4v) is 3.30. The number of nitrogens with one attached hydrogen (secondary N) is 3. The number of carbonyl (C=O) groups excluding carboxylic acids is 3. The molecule has 0 saturated heterocycles. The molecule has 4 amide bonds. The molecule has 0 radical (unpaired) electrons. The minimum absolute atomic E-state index is 0.00959. The Labute approximate surface area is 152 Å². The van der Waals surface area contributed by atoms with Crippen LogP contribution in [-0.4, -0.2) is 58.9 Å². The number of aliphatic hydroxyl groups excluding tert-OH is 2. The molecule has 7 N–H and O–H groups in total. The summed E-state index contributed by atoms with van der Waals surface area (Å²) in [5, 5.41) is 28.1. The largest absolute Gasteiger partial charge is 0.390 e. The van der Waals surface area contributed by atoms with Gasteiger partial charge in [0, 0.05) is 31.0 Å². The third kappa shape index (κ3) is 5.99. The molecule has 146 valence electrons. The molecule has 1 fully saturated rings. The molecule has 0 aromatic heterocycles. The SMILES string of the molecule is NC(=O)CCNC(=O)C1=CC(NC(=O)NC2CCCCC2)C(O)C(O)C1. The van der Waals surface area contributed by atoms with Crippen LogP contribution in [0.5, 0.6) is 0 Å². The van der Waals surface area contributed by atoms with Gasteiger partial charge in [-0.25, -0.2) is 4.79 Å². The van der Waals surface area contributed by atoms with Gasteiger partial charge in [0.05, 0.1) is 12.1 Å². The fraction of sp³-hybridized carbons (Fsp3) is 0.706. The molecule has 0 aromatic rings. The Morgan fingerprint density at radius 1 is 1.12 bits per heavy atom. The highest BCUT2D eigenvalue weighted by molar-refractivity contribution is 5.94. The zero-order chi connectivity index (χ0) is 19.1. The van der Waals surface area contributed by atoms with Crippen LogP contribution in [0.15, 0.2) is 11.6 Å². The van der Waals surface area contributed by atoms with Gasteiger partial charge in [-0.2, -0.15) is 0 Å². The molecule has 0 aliphatic heterocycles. The number of hydrogen-bond donors (Lipinski definition) is 6. The van der Waals surface area contributed by atoms with E-state index >= 15 is 0 Å². The van der Waals surface area contributed by atoms with Crippen molar-refractivity contribution in [2.45, 2.75) is 69.2 Å². The Kier molecular flexibility index (Phi) is 7.40. The summed E-state index contributed by atoms with van der Waals surface area (Å²) in [6.45, 7) is 0.0877. The lowest BCUT2D eigenvalue weighted by molar-refractivity contribution is -0.119. The number of urea groups is 1. The molecule has 26 heavy (non-hydrogen) atoms. The maximum absolute atomic E-state index is 12.2. The molecular formula is C17H28N4O5. The average Bonchev–Trinajstić information content (AvgIpc) is 2.59. The Morgan fingerprint density at radius 2 is 1.81 bits per heavy atom. The number of rotatable bonds is 6. The van der Waals surface area contributed by atoms with Crippen molar-refractivity contribution in [2.75, 3.05) is 6.54 Å². The third-order valence-electron chi connectivity index (χ3n) is 4.76. The molecule has 0 spiro atoms. The Morgan fingerprint density at radius 3 is 2.46 bits per heavy atom. The summed E-state index contributed by atoms with van der Waals surface area (Å²) in [5.41, 5.74) is 5.26. The van der Waals surface area contributed by atoms with Crippen LogP contribution in [0.4, 0.5) is 4.79 Å². The summed E-state index contributed by atoms with van der Waals surface area (Å²) >= 11 is 0. The van der Waals surface area contributed by atoms with Crippen LogP contribution in [0.3, 0.4) is 0 Å². The number of hydrogen-bond acceptors (Lipinski definition) is 5. The fourth-order valence-electron chi connectivity index (χ4n) is 3.30. The van der Waals surface area contributed by atoms with E-state index in [-0.39, 0.29) is 31.0 Å². The topological polar surface area (TPSA) is 154 Å². The van der Waals surface area contributed by atoms with Crippen LogP contribution in [0, 0.1) is 0 Å². The van der Waals surface area contributed by atoms with Crippen LogP contribution >= 0.6 is 0 Å². The molecule has 0 heterocycles. The molecule has 2 rings (SSSR count). The number of aliphatic hydroxyl groups is 2. The molecule has 3 unspecified atom stereocenters. The van der Waals surface area contributed by atoms with E-state index in [1.165, 1.54) is 12.5 Å². The first kappa shape index (κ1) is 20.2. The van der Waals surface area contributed by atoms with Crippen molar-refractivity contribution in [3.8, 4) is 0 Å². The number of amides is 4. The van der Waals surface area contributed by atoms with E-state index in [0.29, 0.717) is 0 Å². The van der Waals surface area contributed by atoms with Gasteiger partial charge in [-0.1, -0.05) is 25.3 Å². The van der Waals surface area contributed by atoms with Gasteiger partial charge in [-0.15, -0.1) is 0 Å². The van der Waals surface area contributed by atoms with E-state index in [2.05, 4.69) is 16.0 Å². The quantitative estimate of drug-likeness (QED) is 0.356. The maximum atomic E-state index is 12.2. The summed E-state index contributed by atoms with van der Waals surface area (Å²) in [6, 6.07) is -1.20. The molecule has 9 heteroatoms. The highest BCUT2D eigenvalue weighted by Gasteiger charge is 2.34. The monoisotopic (exact) mass is 368 g/mol. The molecule has 0 aromatic carbocycles. The van der Waals surface area contributed by atoms with Crippen LogP contribution in [0.25, 0.3) is 0 Å². The molecule has 0 bridgehead atoms. The van der Waals surface area contributed by atoms with Gasteiger partial charge < -0.3 is 31.9 Å². The predicted octanol–water partition coefficient (Wildman–Crippen LogP) is -0.970. The Balaban J connectivity index is 1.92. The van der Waals surface area contributed by atoms with Crippen LogP contribution < -0.4 is 21.7 Å². The normalized spacial score (nSPS) is 26.5. The second kappa shape index (κ2) is 9.54. The van der Waals surface area contributed by atoms with Crippen molar-refractivity contribution in [3.05, 3.63) is 11.6 Å². The second-order valence-corrected chi connectivity index (χ2v) is 6.90. The molecule has 2 aliphatic carbocycles. The van der Waals surface area contributed by atoms with E-state index in [9.17, 15) is 24.6 Å². The van der Waals surface area contributed by atoms with Crippen LogP contribution in [-0.2, 0) is 9.59 Å². The van der Waals surface area contributed by atoms with Crippen molar-refractivity contribution in [1.29, 1.82) is 0 Å². The Hall–Kier alpha value is -2.13. The minimum Gasteiger partial charge on any atom is -0.390 e. The predicted molar refractivity (Wildman–Crippen MR) is 93.9 cm³/mol. The maximum Gasteiger partial charge on any atom is 0.315 e. The van der Waals surface area contributed by atoms with E-state index < -0.39 is 36.1 Å². The molecule has 1 saturated carbocycles. The Bertz CT molecular complexity index is 559. The van der Waals surface area contributed by atoms with Gasteiger partial charge in [0.1, 0.15) is 6.10 Å². The number of carbonyl (C=O) groups is 3. The van der Waals surface area contributed by atoms with Gasteiger partial charge in [-0.3, -0.25) is 9.59 Å². The average molecular weight is 368 g/mol. The van der Waals surface area contributed by atoms with Gasteiger partial charge in [0.15, 0.2) is 0 Å². The molecular weight excluding hydrogens is 340 g/mol. The first-order chi connectivity index (χ1) is 12.4. The molecule has 9 nitrogen and oxygen atoms in total. The summed E-state index contributed by atoms with van der Waals surface area (Å²) in [6.07, 6.45) is 4.21. The molecule has 2 aliphatic rings. The lowest BCUT2D eigenvalue weighted by Gasteiger charge is -2.32. The highest BCUT2D eigenvalue weighted by Crippen LogP contribution is 2.20. The smallest absolute Gasteiger partial charge is 0.315 e. The summed E-state index contributed by atoms with van der Waals surface area (Å²) in [7, 11) is 0. The van der Waals surface area contributed by atoms with Crippen molar-refractivity contribution in [1.82, 2.24) is 16.0 Å². The number of primary amides is 1. The standard InChI is InChI=1S/C17H28N4O5/c18-14(23)6-7-19-16(25)10-8-12(15(24)13(22)9-10)21-17(26)20-11-4-2-1-3-5-11/h8,11-13,15,22,24H,1-7,9H2,(H2,18,23)(H,19,25)(H2,20,21,26). The summed E-state index contributed by atoms with van der Waals surface area (Å²) < 4.78 is 0. The molecule has 3 atom stereocenters. The van der Waals surface area contributed by atoms with Gasteiger partial charge in [-0.05, 0) is 12.8 Å². The van der Waals surface area contributed by atoms with Gasteiger partial charge in [0.25, 0.3) is 0 Å². The summed E-state index contributed by atoms with van der Waals surface area (Å²) in [5.74, 6) is -0.992. The lowest BCUT2D eigenvalue weighted by Crippen LogP contribution is -2.54. The lowest BCUT2D eigenvalue weighted by atomic mass is 9.90. The first-order valence-electron chi connectivity index (χ1n) is 9.07. The second-order valence-electron chi connectivity index (χ2n) is 6.90. The van der Waals surface area contributed by atoms with Crippen molar-refractivity contribution < 1.29 is 24.6 Å². The van der Waals surface area contributed by atoms with Crippen molar-refractivity contribution in [3.63, 3.8) is 0 Å². The van der Waals surface area contributed by atoms with Crippen molar-refractivity contribution >= 4 is 17.8 Å². The zero-order valence-corrected chi connectivity index (χ0v) is 14.7. The number of nitrogens with two attached hydrogens (primary N) is 1. The van der Waals surface area contributed by atoms with Gasteiger partial charge >= 0.3 is 6.03 Å². The summed E-state index contributed by atoms with van der Waals surface area (Å²) in [4.78, 5) is 35.0. The van der Waals surface area contributed by atoms with Crippen LogP contribution in [0.1, 0.15) is 44.9 Å². The van der Waals surface area contributed by atoms with E-state index in [1.54, 1.807) is 0 Å². The minimum atomic E-state index is -1.20. The van der Waals surface area contributed by atoms with Crippen molar-refractivity contribution in [2.24, 2.45) is 5.73 Å². The first-order valence-corrected chi connectivity index (χ1v) is 9.07. The van der Waals surface area contributed by atoms with Gasteiger partial charge in [0.2, 0.25) is 11.8 Å². The van der Waals surface area contributed by atoms with E-state index in [4.69, 9.17) is 5.73 Å². The van der Waals surface area contributed by atoms with Crippen LogP contribution in [0.2, 0.25) is 0 Å². The van der Waals surface area contributed by atoms with E-state index in [1.807, 2.05) is 0 Å². The highest BCUT2D eigenvalue weighted by atomic mass is 16.3.